The second-order valence-electron chi connectivity index (χ2n) is 16.2. The second kappa shape index (κ2) is 32.2. The van der Waals surface area contributed by atoms with Gasteiger partial charge in [0.15, 0.2) is 12.6 Å². The molecule has 0 aliphatic carbocycles. The van der Waals surface area contributed by atoms with Crippen molar-refractivity contribution in [1.82, 2.24) is 31.9 Å². The van der Waals surface area contributed by atoms with Gasteiger partial charge in [-0.1, -0.05) is 19.3 Å². The van der Waals surface area contributed by atoms with Crippen LogP contribution in [0.5, 0.6) is 0 Å². The summed E-state index contributed by atoms with van der Waals surface area (Å²) in [5, 5.41) is 76.5. The summed E-state index contributed by atoms with van der Waals surface area (Å²) in [6, 6.07) is -2.87. The number of amides is 6. The lowest BCUT2D eigenvalue weighted by molar-refractivity contribution is -0.270. The molecule has 0 saturated carbocycles. The number of hydrogen-bond donors (Lipinski definition) is 12. The highest BCUT2D eigenvalue weighted by Crippen LogP contribution is 2.24. The number of carbonyl (C=O) groups is 6. The first-order valence-electron chi connectivity index (χ1n) is 22.8. The summed E-state index contributed by atoms with van der Waals surface area (Å²) in [5.74, 6) is -1.70. The lowest BCUT2D eigenvalue weighted by Gasteiger charge is -2.42. The Balaban J connectivity index is 1.75. The van der Waals surface area contributed by atoms with Gasteiger partial charge in [0.2, 0.25) is 35.4 Å². The molecule has 12 N–H and O–H groups in total. The third kappa shape index (κ3) is 21.6. The van der Waals surface area contributed by atoms with Crippen LogP contribution in [-0.2, 0) is 47.7 Å². The standard InChI is InChI=1S/C42H76N6O16/c1-4-43-31(53)17-8-5-12-21-45-40(60)28(48-33(55)19-10-7-15-23-62-42-35(47-27(3)52)39(59)37(57)30(25-50)64-42)16-11-13-20-44-32(54)18-9-6-14-22-61-41-34(46-26(2)51)38(58)36(56)29(24-49)63-41/h28-30,34-39,41-42,49-50,56-59H,4-25H2,1-3H3,(H,43,53)(H,44,54)(H,45,60)(H,46,51)(H,47,52)(H,48,55). The maximum absolute atomic E-state index is 13.2. The zero-order valence-corrected chi connectivity index (χ0v) is 37.7. The van der Waals surface area contributed by atoms with Crippen molar-refractivity contribution in [2.45, 2.75) is 184 Å². The van der Waals surface area contributed by atoms with Crippen molar-refractivity contribution in [3.05, 3.63) is 0 Å². The lowest BCUT2D eigenvalue weighted by atomic mass is 9.97. The average Bonchev–Trinajstić information content (AvgIpc) is 3.25. The molecule has 22 heteroatoms. The van der Waals surface area contributed by atoms with Gasteiger partial charge in [-0.25, -0.2) is 0 Å². The number of ether oxygens (including phenoxy) is 4. The minimum atomic E-state index is -1.42. The Labute approximate surface area is 375 Å². The molecule has 0 spiro atoms. The number of aliphatic hydroxyl groups excluding tert-OH is 6. The van der Waals surface area contributed by atoms with Crippen LogP contribution in [0.1, 0.15) is 117 Å². The molecule has 2 aliphatic rings. The molecule has 0 aromatic heterocycles. The van der Waals surface area contributed by atoms with Crippen molar-refractivity contribution in [2.24, 2.45) is 0 Å². The van der Waals surface area contributed by atoms with E-state index in [1.54, 1.807) is 0 Å². The molecule has 2 fully saturated rings. The number of unbranched alkanes of at least 4 members (excludes halogenated alkanes) is 7. The molecule has 22 nitrogen and oxygen atoms in total. The average molecular weight is 921 g/mol. The predicted octanol–water partition coefficient (Wildman–Crippen LogP) is -2.39. The summed E-state index contributed by atoms with van der Waals surface area (Å²) in [6.07, 6.45) is -2.36. The van der Waals surface area contributed by atoms with Crippen molar-refractivity contribution in [3.63, 3.8) is 0 Å². The maximum atomic E-state index is 13.2. The van der Waals surface area contributed by atoms with Crippen LogP contribution >= 0.6 is 0 Å². The van der Waals surface area contributed by atoms with Gasteiger partial charge in [-0.15, -0.1) is 0 Å². The summed E-state index contributed by atoms with van der Waals surface area (Å²) >= 11 is 0. The quantitative estimate of drug-likeness (QED) is 0.0313. The molecular weight excluding hydrogens is 844 g/mol. The molecule has 2 rings (SSSR count). The summed E-state index contributed by atoms with van der Waals surface area (Å²) in [5.41, 5.74) is 0. The van der Waals surface area contributed by atoms with Crippen LogP contribution in [-0.4, -0.2) is 179 Å². The third-order valence-electron chi connectivity index (χ3n) is 10.8. The van der Waals surface area contributed by atoms with Gasteiger partial charge in [0.05, 0.1) is 13.2 Å². The van der Waals surface area contributed by atoms with Gasteiger partial charge >= 0.3 is 0 Å². The summed E-state index contributed by atoms with van der Waals surface area (Å²) < 4.78 is 22.6. The Morgan fingerprint density at radius 3 is 1.45 bits per heavy atom. The van der Waals surface area contributed by atoms with Gasteiger partial charge < -0.3 is 81.5 Å². The van der Waals surface area contributed by atoms with Crippen LogP contribution in [0.3, 0.4) is 0 Å². The largest absolute Gasteiger partial charge is 0.394 e. The van der Waals surface area contributed by atoms with Gasteiger partial charge in [0.1, 0.15) is 54.7 Å². The number of aliphatic hydroxyl groups is 6. The van der Waals surface area contributed by atoms with E-state index in [2.05, 4.69) is 31.9 Å². The number of hydrogen-bond acceptors (Lipinski definition) is 16. The van der Waals surface area contributed by atoms with Crippen molar-refractivity contribution >= 4 is 35.4 Å². The number of nitrogens with one attached hydrogen (secondary N) is 6. The smallest absolute Gasteiger partial charge is 0.242 e. The number of carbonyl (C=O) groups excluding carboxylic acids is 6. The summed E-state index contributed by atoms with van der Waals surface area (Å²) in [7, 11) is 0. The molecule has 11 unspecified atom stereocenters. The van der Waals surface area contributed by atoms with Crippen molar-refractivity contribution < 1.29 is 78.4 Å². The minimum Gasteiger partial charge on any atom is -0.394 e. The maximum Gasteiger partial charge on any atom is 0.242 e. The van der Waals surface area contributed by atoms with E-state index in [0.717, 1.165) is 6.42 Å². The fourth-order valence-electron chi connectivity index (χ4n) is 7.29. The molecule has 64 heavy (non-hydrogen) atoms. The molecule has 370 valence electrons. The molecule has 0 bridgehead atoms. The van der Waals surface area contributed by atoms with E-state index in [1.807, 2.05) is 6.92 Å². The van der Waals surface area contributed by atoms with E-state index < -0.39 is 92.4 Å². The zero-order chi connectivity index (χ0) is 47.4. The van der Waals surface area contributed by atoms with E-state index in [4.69, 9.17) is 18.9 Å². The van der Waals surface area contributed by atoms with Crippen LogP contribution in [0, 0.1) is 0 Å². The van der Waals surface area contributed by atoms with E-state index in [9.17, 15) is 59.4 Å². The van der Waals surface area contributed by atoms with Crippen LogP contribution in [0.15, 0.2) is 0 Å². The number of rotatable bonds is 32. The molecular formula is C42H76N6O16. The Bertz CT molecular complexity index is 1400. The Kier molecular flexibility index (Phi) is 28.4. The molecule has 0 radical (unpaired) electrons. The molecule has 11 atom stereocenters. The van der Waals surface area contributed by atoms with Gasteiger partial charge in [-0.05, 0) is 64.7 Å². The van der Waals surface area contributed by atoms with Crippen LogP contribution in [0.2, 0.25) is 0 Å². The first kappa shape index (κ1) is 56.5. The Morgan fingerprint density at radius 1 is 0.547 bits per heavy atom. The first-order valence-corrected chi connectivity index (χ1v) is 22.8. The van der Waals surface area contributed by atoms with Crippen molar-refractivity contribution in [3.8, 4) is 0 Å². The Hall–Kier alpha value is -3.58. The van der Waals surface area contributed by atoms with Crippen molar-refractivity contribution in [1.29, 1.82) is 0 Å². The highest BCUT2D eigenvalue weighted by Gasteiger charge is 2.46. The van der Waals surface area contributed by atoms with Gasteiger partial charge in [0.25, 0.3) is 0 Å². The lowest BCUT2D eigenvalue weighted by Crippen LogP contribution is -2.64. The van der Waals surface area contributed by atoms with E-state index >= 15 is 0 Å². The highest BCUT2D eigenvalue weighted by molar-refractivity contribution is 5.87. The van der Waals surface area contributed by atoms with Gasteiger partial charge in [-0.2, -0.15) is 0 Å². The van der Waals surface area contributed by atoms with E-state index in [0.29, 0.717) is 96.7 Å². The van der Waals surface area contributed by atoms with Crippen molar-refractivity contribution in [2.75, 3.05) is 46.1 Å². The fourth-order valence-corrected chi connectivity index (χ4v) is 7.29. The molecule has 2 aliphatic heterocycles. The highest BCUT2D eigenvalue weighted by atomic mass is 16.7. The van der Waals surface area contributed by atoms with Crippen LogP contribution in [0.4, 0.5) is 0 Å². The normalized spacial score (nSPS) is 26.0. The monoisotopic (exact) mass is 921 g/mol. The predicted molar refractivity (Wildman–Crippen MR) is 229 cm³/mol. The topological polar surface area (TPSA) is 333 Å². The first-order chi connectivity index (χ1) is 30.6. The van der Waals surface area contributed by atoms with Gasteiger partial charge in [-0.3, -0.25) is 28.8 Å². The summed E-state index contributed by atoms with van der Waals surface area (Å²) in [4.78, 5) is 73.6. The molecule has 6 amide bonds. The molecule has 2 saturated heterocycles. The fraction of sp³-hybridized carbons (Fsp3) is 0.857. The minimum absolute atomic E-state index is 0.0145. The second-order valence-corrected chi connectivity index (χ2v) is 16.2. The SMILES string of the molecule is CCNC(=O)CCCCCNC(=O)C(CCCCNC(=O)CCCCCOC1OC(CO)C(O)C(O)C1NC(C)=O)NC(=O)CCCCCOC1OC(CO)C(O)C(O)C1NC(C)=O. The van der Waals surface area contributed by atoms with Crippen LogP contribution in [0.25, 0.3) is 0 Å². The Morgan fingerprint density at radius 2 is 0.984 bits per heavy atom. The molecule has 0 aromatic rings. The van der Waals surface area contributed by atoms with E-state index in [-0.39, 0.29) is 49.7 Å². The zero-order valence-electron chi connectivity index (χ0n) is 37.7. The molecule has 0 aromatic carbocycles. The van der Waals surface area contributed by atoms with Crippen LogP contribution < -0.4 is 31.9 Å². The summed E-state index contributed by atoms with van der Waals surface area (Å²) in [6.45, 7) is 4.91. The van der Waals surface area contributed by atoms with E-state index in [1.165, 1.54) is 13.8 Å². The molecule has 2 heterocycles. The third-order valence-corrected chi connectivity index (χ3v) is 10.8. The van der Waals surface area contributed by atoms with Gasteiger partial charge in [0, 0.05) is 66.0 Å².